The SMILES string of the molecule is O=P(O)(O)CCc1cccc(Cl)c1. The maximum Gasteiger partial charge on any atom is 0.325 e. The summed E-state index contributed by atoms with van der Waals surface area (Å²) in [6.45, 7) is 0. The van der Waals surface area contributed by atoms with Gasteiger partial charge in [-0.05, 0) is 24.1 Å². The number of halogens is 1. The van der Waals surface area contributed by atoms with Crippen LogP contribution >= 0.6 is 19.2 Å². The Balaban J connectivity index is 2.60. The fourth-order valence-corrected chi connectivity index (χ4v) is 1.73. The van der Waals surface area contributed by atoms with Crippen LogP contribution in [0.2, 0.25) is 5.02 Å². The third-order valence-electron chi connectivity index (χ3n) is 1.58. The predicted molar refractivity (Wildman–Crippen MR) is 52.1 cm³/mol. The van der Waals surface area contributed by atoms with Crippen molar-refractivity contribution in [1.82, 2.24) is 0 Å². The molecule has 1 aromatic rings. The summed E-state index contributed by atoms with van der Waals surface area (Å²) in [6, 6.07) is 6.98. The van der Waals surface area contributed by atoms with Gasteiger partial charge in [0.05, 0.1) is 6.16 Å². The number of hydrogen-bond donors (Lipinski definition) is 2. The molecule has 13 heavy (non-hydrogen) atoms. The fraction of sp³-hybridized carbons (Fsp3) is 0.250. The van der Waals surface area contributed by atoms with Crippen molar-refractivity contribution < 1.29 is 14.4 Å². The van der Waals surface area contributed by atoms with E-state index in [1.807, 2.05) is 0 Å². The molecule has 3 nitrogen and oxygen atoms in total. The highest BCUT2D eigenvalue weighted by Gasteiger charge is 2.12. The Morgan fingerprint density at radius 1 is 1.38 bits per heavy atom. The monoisotopic (exact) mass is 220 g/mol. The first kappa shape index (κ1) is 10.7. The maximum atomic E-state index is 10.6. The predicted octanol–water partition coefficient (Wildman–Crippen LogP) is 2.06. The Morgan fingerprint density at radius 2 is 2.08 bits per heavy atom. The molecule has 0 aliphatic carbocycles. The van der Waals surface area contributed by atoms with E-state index in [2.05, 4.69) is 0 Å². The lowest BCUT2D eigenvalue weighted by atomic mass is 10.2. The summed E-state index contributed by atoms with van der Waals surface area (Å²) >= 11 is 5.70. The Hall–Kier alpha value is -0.340. The molecular weight excluding hydrogens is 211 g/mol. The molecule has 0 aliphatic rings. The van der Waals surface area contributed by atoms with Crippen LogP contribution in [0.25, 0.3) is 0 Å². The standard InChI is InChI=1S/C8H10ClO3P/c9-8-3-1-2-7(6-8)4-5-13(10,11)12/h1-3,6H,4-5H2,(H2,10,11,12). The third kappa shape index (κ3) is 4.44. The van der Waals surface area contributed by atoms with Crippen LogP contribution in [-0.2, 0) is 11.0 Å². The molecule has 0 bridgehead atoms. The van der Waals surface area contributed by atoms with Gasteiger partial charge in [-0.1, -0.05) is 23.7 Å². The van der Waals surface area contributed by atoms with Gasteiger partial charge in [-0.25, -0.2) is 0 Å². The van der Waals surface area contributed by atoms with Crippen LogP contribution in [0.3, 0.4) is 0 Å². The smallest absolute Gasteiger partial charge is 0.324 e. The van der Waals surface area contributed by atoms with Gasteiger partial charge in [0, 0.05) is 5.02 Å². The van der Waals surface area contributed by atoms with E-state index in [1.165, 1.54) is 0 Å². The molecule has 0 amide bonds. The van der Waals surface area contributed by atoms with E-state index in [0.29, 0.717) is 11.4 Å². The van der Waals surface area contributed by atoms with Gasteiger partial charge < -0.3 is 9.79 Å². The minimum absolute atomic E-state index is 0.132. The lowest BCUT2D eigenvalue weighted by Gasteiger charge is -2.03. The molecule has 2 N–H and O–H groups in total. The quantitative estimate of drug-likeness (QED) is 0.767. The molecule has 0 radical (unpaired) electrons. The van der Waals surface area contributed by atoms with Crippen LogP contribution in [0.5, 0.6) is 0 Å². The van der Waals surface area contributed by atoms with Crippen LogP contribution < -0.4 is 0 Å². The van der Waals surface area contributed by atoms with E-state index in [9.17, 15) is 4.57 Å². The number of benzene rings is 1. The summed E-state index contributed by atoms with van der Waals surface area (Å²) in [5, 5.41) is 0.586. The Morgan fingerprint density at radius 3 is 2.62 bits per heavy atom. The molecule has 72 valence electrons. The summed E-state index contributed by atoms with van der Waals surface area (Å²) in [5.74, 6) is 0. The van der Waals surface area contributed by atoms with Gasteiger partial charge in [0.15, 0.2) is 0 Å². The van der Waals surface area contributed by atoms with Crippen LogP contribution in [-0.4, -0.2) is 15.9 Å². The molecule has 5 heteroatoms. The summed E-state index contributed by atoms with van der Waals surface area (Å²) in [5.41, 5.74) is 0.843. The number of rotatable bonds is 3. The molecule has 0 aromatic heterocycles. The molecule has 0 spiro atoms. The van der Waals surface area contributed by atoms with Crippen molar-refractivity contribution in [3.05, 3.63) is 34.9 Å². The van der Waals surface area contributed by atoms with Gasteiger partial charge in [-0.2, -0.15) is 0 Å². The summed E-state index contributed by atoms with van der Waals surface area (Å²) in [7, 11) is -3.89. The van der Waals surface area contributed by atoms with Crippen LogP contribution in [0.1, 0.15) is 5.56 Å². The summed E-state index contributed by atoms with van der Waals surface area (Å²) in [6.07, 6.45) is 0.220. The lowest BCUT2D eigenvalue weighted by molar-refractivity contribution is 0.373. The van der Waals surface area contributed by atoms with Crippen LogP contribution in [0.15, 0.2) is 24.3 Å². The van der Waals surface area contributed by atoms with E-state index in [-0.39, 0.29) is 6.16 Å². The minimum Gasteiger partial charge on any atom is -0.324 e. The van der Waals surface area contributed by atoms with Crippen molar-refractivity contribution in [1.29, 1.82) is 0 Å². The Labute approximate surface area is 81.5 Å². The normalized spacial score (nSPS) is 11.6. The first-order valence-electron chi connectivity index (χ1n) is 3.76. The zero-order valence-electron chi connectivity index (χ0n) is 6.85. The zero-order valence-corrected chi connectivity index (χ0v) is 8.50. The highest BCUT2D eigenvalue weighted by atomic mass is 35.5. The molecule has 0 atom stereocenters. The molecule has 0 unspecified atom stereocenters. The van der Waals surface area contributed by atoms with E-state index < -0.39 is 7.60 Å². The van der Waals surface area contributed by atoms with E-state index in [4.69, 9.17) is 21.4 Å². The van der Waals surface area contributed by atoms with Crippen molar-refractivity contribution >= 4 is 19.2 Å². The largest absolute Gasteiger partial charge is 0.325 e. The third-order valence-corrected chi connectivity index (χ3v) is 2.62. The average Bonchev–Trinajstić information content (AvgIpc) is 2.00. The van der Waals surface area contributed by atoms with Crippen molar-refractivity contribution in [2.45, 2.75) is 6.42 Å². The van der Waals surface area contributed by atoms with Gasteiger partial charge in [-0.15, -0.1) is 0 Å². The molecule has 0 saturated heterocycles. The van der Waals surface area contributed by atoms with Crippen LogP contribution in [0, 0.1) is 0 Å². The van der Waals surface area contributed by atoms with Crippen molar-refractivity contribution in [2.24, 2.45) is 0 Å². The van der Waals surface area contributed by atoms with Crippen molar-refractivity contribution in [2.75, 3.05) is 6.16 Å². The number of aryl methyl sites for hydroxylation is 1. The van der Waals surface area contributed by atoms with Crippen LogP contribution in [0.4, 0.5) is 0 Å². The van der Waals surface area contributed by atoms with Gasteiger partial charge in [-0.3, -0.25) is 4.57 Å². The van der Waals surface area contributed by atoms with Crippen molar-refractivity contribution in [3.8, 4) is 0 Å². The second-order valence-corrected chi connectivity index (χ2v) is 4.98. The summed E-state index contributed by atoms with van der Waals surface area (Å²) < 4.78 is 10.6. The molecule has 0 aliphatic heterocycles. The molecule has 0 heterocycles. The van der Waals surface area contributed by atoms with Gasteiger partial charge >= 0.3 is 7.60 Å². The molecule has 0 saturated carbocycles. The Bertz CT molecular complexity index is 334. The molecular formula is C8H10ClO3P. The average molecular weight is 221 g/mol. The van der Waals surface area contributed by atoms with E-state index in [0.717, 1.165) is 5.56 Å². The van der Waals surface area contributed by atoms with Crippen molar-refractivity contribution in [3.63, 3.8) is 0 Å². The topological polar surface area (TPSA) is 57.5 Å². The second kappa shape index (κ2) is 4.25. The number of hydrogen-bond acceptors (Lipinski definition) is 1. The second-order valence-electron chi connectivity index (χ2n) is 2.77. The van der Waals surface area contributed by atoms with E-state index in [1.54, 1.807) is 24.3 Å². The zero-order chi connectivity index (χ0) is 9.90. The highest BCUT2D eigenvalue weighted by Crippen LogP contribution is 2.34. The molecule has 1 rings (SSSR count). The Kier molecular flexibility index (Phi) is 3.51. The molecule has 1 aromatic carbocycles. The van der Waals surface area contributed by atoms with E-state index >= 15 is 0 Å². The highest BCUT2D eigenvalue weighted by molar-refractivity contribution is 7.51. The summed E-state index contributed by atoms with van der Waals surface area (Å²) in [4.78, 5) is 17.3. The van der Waals surface area contributed by atoms with Gasteiger partial charge in [0.2, 0.25) is 0 Å². The maximum absolute atomic E-state index is 10.6. The first-order chi connectivity index (χ1) is 5.97. The van der Waals surface area contributed by atoms with Gasteiger partial charge in [0.25, 0.3) is 0 Å². The lowest BCUT2D eigenvalue weighted by Crippen LogP contribution is -1.93. The molecule has 0 fully saturated rings. The fourth-order valence-electron chi connectivity index (χ4n) is 0.967. The first-order valence-corrected chi connectivity index (χ1v) is 5.94. The minimum atomic E-state index is -3.89. The van der Waals surface area contributed by atoms with Gasteiger partial charge in [0.1, 0.15) is 0 Å².